The number of rotatable bonds is 4. The van der Waals surface area contributed by atoms with Crippen molar-refractivity contribution < 1.29 is 4.79 Å². The van der Waals surface area contributed by atoms with Gasteiger partial charge in [0, 0.05) is 12.5 Å². The van der Waals surface area contributed by atoms with E-state index in [1.54, 1.807) is 0 Å². The summed E-state index contributed by atoms with van der Waals surface area (Å²) in [5.41, 5.74) is 6.65. The summed E-state index contributed by atoms with van der Waals surface area (Å²) < 4.78 is 0. The van der Waals surface area contributed by atoms with Gasteiger partial charge >= 0.3 is 0 Å². The first kappa shape index (κ1) is 11.7. The Balaban J connectivity index is 2.49. The molecule has 0 aliphatic heterocycles. The third kappa shape index (κ3) is 4.13. The molecule has 1 aromatic rings. The Bertz CT molecular complexity index is 309. The molecule has 3 nitrogen and oxygen atoms in total. The van der Waals surface area contributed by atoms with E-state index >= 15 is 0 Å². The second-order valence-corrected chi connectivity index (χ2v) is 3.88. The van der Waals surface area contributed by atoms with Crippen LogP contribution in [0.25, 0.3) is 0 Å². The summed E-state index contributed by atoms with van der Waals surface area (Å²) >= 11 is 0. The summed E-state index contributed by atoms with van der Waals surface area (Å²) in [6, 6.07) is 9.83. The number of hydrogen-bond acceptors (Lipinski definition) is 2. The Labute approximate surface area is 90.7 Å². The Morgan fingerprint density at radius 2 is 1.93 bits per heavy atom. The summed E-state index contributed by atoms with van der Waals surface area (Å²) in [4.78, 5) is 11.4. The normalized spacial score (nSPS) is 14.3. The molecule has 0 aliphatic carbocycles. The van der Waals surface area contributed by atoms with Crippen molar-refractivity contribution in [3.05, 3.63) is 35.9 Å². The van der Waals surface area contributed by atoms with Crippen LogP contribution >= 0.6 is 0 Å². The van der Waals surface area contributed by atoms with Crippen LogP contribution in [0.1, 0.15) is 31.9 Å². The van der Waals surface area contributed by atoms with E-state index in [4.69, 9.17) is 5.73 Å². The van der Waals surface area contributed by atoms with Crippen LogP contribution in [-0.4, -0.2) is 11.9 Å². The van der Waals surface area contributed by atoms with Crippen molar-refractivity contribution in [2.75, 3.05) is 0 Å². The molecule has 1 amide bonds. The van der Waals surface area contributed by atoms with Crippen LogP contribution in [0.5, 0.6) is 0 Å². The highest BCUT2D eigenvalue weighted by Crippen LogP contribution is 2.11. The standard InChI is InChI=1S/C12H18N2O/c1-9(13)8-12(15)14-10(2)11-6-4-3-5-7-11/h3-7,9-10H,8,13H2,1-2H3,(H,14,15)/t9?,10-/m0/s1. The third-order valence-corrected chi connectivity index (χ3v) is 2.18. The van der Waals surface area contributed by atoms with Gasteiger partial charge in [-0.2, -0.15) is 0 Å². The number of nitrogens with one attached hydrogen (secondary N) is 1. The van der Waals surface area contributed by atoms with Crippen LogP contribution in [0.2, 0.25) is 0 Å². The van der Waals surface area contributed by atoms with E-state index in [0.717, 1.165) is 5.56 Å². The minimum Gasteiger partial charge on any atom is -0.350 e. The lowest BCUT2D eigenvalue weighted by Crippen LogP contribution is -2.31. The highest BCUT2D eigenvalue weighted by atomic mass is 16.1. The van der Waals surface area contributed by atoms with Crippen molar-refractivity contribution in [2.45, 2.75) is 32.4 Å². The quantitative estimate of drug-likeness (QED) is 0.786. The molecular formula is C12H18N2O. The van der Waals surface area contributed by atoms with Crippen LogP contribution in [0, 0.1) is 0 Å². The first-order valence-corrected chi connectivity index (χ1v) is 5.19. The summed E-state index contributed by atoms with van der Waals surface area (Å²) in [5.74, 6) is 0.00125. The van der Waals surface area contributed by atoms with Crippen LogP contribution in [0.3, 0.4) is 0 Å². The second kappa shape index (κ2) is 5.51. The molecule has 82 valence electrons. The molecule has 0 bridgehead atoms. The van der Waals surface area contributed by atoms with Crippen LogP contribution in [0.15, 0.2) is 30.3 Å². The molecule has 2 atom stereocenters. The van der Waals surface area contributed by atoms with Crippen LogP contribution < -0.4 is 11.1 Å². The van der Waals surface area contributed by atoms with E-state index in [0.29, 0.717) is 6.42 Å². The molecule has 15 heavy (non-hydrogen) atoms. The van der Waals surface area contributed by atoms with Gasteiger partial charge in [0.05, 0.1) is 6.04 Å². The maximum Gasteiger partial charge on any atom is 0.222 e. The SMILES string of the molecule is CC(N)CC(=O)N[C@@H](C)c1ccccc1. The van der Waals surface area contributed by atoms with Gasteiger partial charge in [-0.15, -0.1) is 0 Å². The van der Waals surface area contributed by atoms with Gasteiger partial charge in [-0.05, 0) is 19.4 Å². The van der Waals surface area contributed by atoms with Crippen molar-refractivity contribution in [3.63, 3.8) is 0 Å². The van der Waals surface area contributed by atoms with E-state index in [1.807, 2.05) is 44.2 Å². The average Bonchev–Trinajstić information content (AvgIpc) is 2.17. The Kier molecular flexibility index (Phi) is 4.31. The Hall–Kier alpha value is -1.35. The fourth-order valence-electron chi connectivity index (χ4n) is 1.42. The molecule has 0 aromatic heterocycles. The molecule has 0 spiro atoms. The number of benzene rings is 1. The molecule has 3 heteroatoms. The van der Waals surface area contributed by atoms with Gasteiger partial charge < -0.3 is 11.1 Å². The summed E-state index contributed by atoms with van der Waals surface area (Å²) in [6.07, 6.45) is 0.372. The van der Waals surface area contributed by atoms with Gasteiger partial charge in [0.15, 0.2) is 0 Å². The zero-order valence-corrected chi connectivity index (χ0v) is 9.23. The summed E-state index contributed by atoms with van der Waals surface area (Å²) in [7, 11) is 0. The molecule has 1 rings (SSSR count). The molecule has 0 heterocycles. The van der Waals surface area contributed by atoms with Crippen LogP contribution in [0.4, 0.5) is 0 Å². The monoisotopic (exact) mass is 206 g/mol. The number of carbonyl (C=O) groups is 1. The van der Waals surface area contributed by atoms with Gasteiger partial charge in [0.2, 0.25) is 5.91 Å². The van der Waals surface area contributed by atoms with Crippen molar-refractivity contribution >= 4 is 5.91 Å². The predicted octanol–water partition coefficient (Wildman–Crippen LogP) is 1.60. The Morgan fingerprint density at radius 1 is 1.33 bits per heavy atom. The first-order chi connectivity index (χ1) is 7.09. The summed E-state index contributed by atoms with van der Waals surface area (Å²) in [5, 5.41) is 2.91. The van der Waals surface area contributed by atoms with Gasteiger partial charge in [-0.25, -0.2) is 0 Å². The number of amides is 1. The molecule has 3 N–H and O–H groups in total. The van der Waals surface area contributed by atoms with Gasteiger partial charge in [-0.1, -0.05) is 30.3 Å². The highest BCUT2D eigenvalue weighted by molar-refractivity contribution is 5.76. The smallest absolute Gasteiger partial charge is 0.222 e. The van der Waals surface area contributed by atoms with Crippen molar-refractivity contribution in [1.82, 2.24) is 5.32 Å². The zero-order chi connectivity index (χ0) is 11.3. The average molecular weight is 206 g/mol. The molecule has 1 aromatic carbocycles. The van der Waals surface area contributed by atoms with E-state index in [2.05, 4.69) is 5.32 Å². The Morgan fingerprint density at radius 3 is 2.47 bits per heavy atom. The maximum absolute atomic E-state index is 11.4. The van der Waals surface area contributed by atoms with Gasteiger partial charge in [0.25, 0.3) is 0 Å². The van der Waals surface area contributed by atoms with Crippen molar-refractivity contribution in [2.24, 2.45) is 5.73 Å². The van der Waals surface area contributed by atoms with E-state index in [1.165, 1.54) is 0 Å². The third-order valence-electron chi connectivity index (χ3n) is 2.18. The molecule has 0 radical (unpaired) electrons. The highest BCUT2D eigenvalue weighted by Gasteiger charge is 2.10. The predicted molar refractivity (Wildman–Crippen MR) is 61.3 cm³/mol. The molecule has 0 aliphatic rings. The second-order valence-electron chi connectivity index (χ2n) is 3.88. The van der Waals surface area contributed by atoms with Crippen molar-refractivity contribution in [1.29, 1.82) is 0 Å². The molecule has 0 fully saturated rings. The number of nitrogens with two attached hydrogens (primary N) is 1. The molecular weight excluding hydrogens is 188 g/mol. The van der Waals surface area contributed by atoms with Gasteiger partial charge in [-0.3, -0.25) is 4.79 Å². The molecule has 0 saturated carbocycles. The fraction of sp³-hybridized carbons (Fsp3) is 0.417. The lowest BCUT2D eigenvalue weighted by Gasteiger charge is -2.15. The first-order valence-electron chi connectivity index (χ1n) is 5.19. The van der Waals surface area contributed by atoms with Crippen LogP contribution in [-0.2, 0) is 4.79 Å². The van der Waals surface area contributed by atoms with E-state index in [9.17, 15) is 4.79 Å². The molecule has 1 unspecified atom stereocenters. The van der Waals surface area contributed by atoms with Gasteiger partial charge in [0.1, 0.15) is 0 Å². The summed E-state index contributed by atoms with van der Waals surface area (Å²) in [6.45, 7) is 3.79. The lowest BCUT2D eigenvalue weighted by molar-refractivity contribution is -0.121. The van der Waals surface area contributed by atoms with E-state index < -0.39 is 0 Å². The maximum atomic E-state index is 11.4. The topological polar surface area (TPSA) is 55.1 Å². The lowest BCUT2D eigenvalue weighted by atomic mass is 10.1. The fourth-order valence-corrected chi connectivity index (χ4v) is 1.42. The molecule has 0 saturated heterocycles. The minimum absolute atomic E-state index is 0.00125. The minimum atomic E-state index is -0.0898. The number of carbonyl (C=O) groups excluding carboxylic acids is 1. The largest absolute Gasteiger partial charge is 0.350 e. The number of hydrogen-bond donors (Lipinski definition) is 2. The zero-order valence-electron chi connectivity index (χ0n) is 9.23. The van der Waals surface area contributed by atoms with Crippen molar-refractivity contribution in [3.8, 4) is 0 Å². The van der Waals surface area contributed by atoms with E-state index in [-0.39, 0.29) is 18.0 Å².